The fourth-order valence-corrected chi connectivity index (χ4v) is 3.85. The van der Waals surface area contributed by atoms with Gasteiger partial charge in [0.25, 0.3) is 0 Å². The first kappa shape index (κ1) is 13.5. The van der Waals surface area contributed by atoms with E-state index in [0.717, 1.165) is 31.6 Å². The predicted octanol–water partition coefficient (Wildman–Crippen LogP) is 1.88. The molecule has 108 valence electrons. The number of hydrogen-bond acceptors (Lipinski definition) is 4. The van der Waals surface area contributed by atoms with Gasteiger partial charge in [-0.2, -0.15) is 0 Å². The second-order valence-electron chi connectivity index (χ2n) is 5.71. The number of rotatable bonds is 3. The minimum absolute atomic E-state index is 0.0335. The molecule has 0 spiro atoms. The van der Waals surface area contributed by atoms with E-state index in [9.17, 15) is 9.59 Å². The van der Waals surface area contributed by atoms with Gasteiger partial charge in [0.1, 0.15) is 0 Å². The van der Waals surface area contributed by atoms with Gasteiger partial charge in [-0.15, -0.1) is 11.3 Å². The van der Waals surface area contributed by atoms with Gasteiger partial charge in [0.05, 0.1) is 16.8 Å². The van der Waals surface area contributed by atoms with Gasteiger partial charge in [0.15, 0.2) is 0 Å². The Morgan fingerprint density at radius 1 is 1.35 bits per heavy atom. The average molecular weight is 294 g/mol. The SMILES string of the molecule is Cc1csc(C2CCN(C(=O)C3CC3C(=O)O)CC2)n1. The number of nitrogens with zero attached hydrogens (tertiary/aromatic N) is 2. The van der Waals surface area contributed by atoms with Crippen molar-refractivity contribution >= 4 is 23.2 Å². The molecular formula is C14H18N2O3S. The Labute approximate surface area is 121 Å². The fourth-order valence-electron chi connectivity index (χ4n) is 2.88. The summed E-state index contributed by atoms with van der Waals surface area (Å²) in [4.78, 5) is 29.4. The van der Waals surface area contributed by atoms with Crippen LogP contribution >= 0.6 is 11.3 Å². The van der Waals surface area contributed by atoms with Crippen molar-refractivity contribution in [3.8, 4) is 0 Å². The van der Waals surface area contributed by atoms with Crippen LogP contribution in [0.15, 0.2) is 5.38 Å². The maximum atomic E-state index is 12.2. The van der Waals surface area contributed by atoms with Crippen molar-refractivity contribution in [3.63, 3.8) is 0 Å². The zero-order chi connectivity index (χ0) is 14.3. The third-order valence-electron chi connectivity index (χ3n) is 4.22. The summed E-state index contributed by atoms with van der Waals surface area (Å²) in [5, 5.41) is 12.1. The molecule has 1 saturated heterocycles. The number of likely N-dealkylation sites (tertiary alicyclic amines) is 1. The zero-order valence-electron chi connectivity index (χ0n) is 11.4. The molecule has 0 radical (unpaired) electrons. The number of aryl methyl sites for hydroxylation is 1. The van der Waals surface area contributed by atoms with Crippen LogP contribution in [0.5, 0.6) is 0 Å². The average Bonchev–Trinajstić information content (AvgIpc) is 3.14. The number of carbonyl (C=O) groups is 2. The standard InChI is InChI=1S/C14H18N2O3S/c1-8-7-20-12(15-8)9-2-4-16(5-3-9)13(17)10-6-11(10)14(18)19/h7,9-11H,2-6H2,1H3,(H,18,19). The van der Waals surface area contributed by atoms with Crippen molar-refractivity contribution in [2.75, 3.05) is 13.1 Å². The van der Waals surface area contributed by atoms with Gasteiger partial charge in [-0.3, -0.25) is 9.59 Å². The molecule has 1 saturated carbocycles. The topological polar surface area (TPSA) is 70.5 Å². The molecule has 1 aliphatic carbocycles. The van der Waals surface area contributed by atoms with E-state index in [1.807, 2.05) is 11.8 Å². The summed E-state index contributed by atoms with van der Waals surface area (Å²) in [5.74, 6) is -1.07. The Balaban J connectivity index is 1.54. The number of hydrogen-bond donors (Lipinski definition) is 1. The lowest BCUT2D eigenvalue weighted by Crippen LogP contribution is -2.39. The van der Waals surface area contributed by atoms with Crippen molar-refractivity contribution < 1.29 is 14.7 Å². The smallest absolute Gasteiger partial charge is 0.307 e. The number of carbonyl (C=O) groups excluding carboxylic acids is 1. The minimum atomic E-state index is -0.837. The van der Waals surface area contributed by atoms with Crippen LogP contribution < -0.4 is 0 Å². The lowest BCUT2D eigenvalue weighted by Gasteiger charge is -2.31. The van der Waals surface area contributed by atoms with E-state index in [2.05, 4.69) is 10.4 Å². The van der Waals surface area contributed by atoms with E-state index in [1.165, 1.54) is 5.01 Å². The number of thiazole rings is 1. The van der Waals surface area contributed by atoms with Crippen LogP contribution in [0.4, 0.5) is 0 Å². The molecule has 0 aromatic carbocycles. The molecule has 3 rings (SSSR count). The first-order valence-corrected chi connectivity index (χ1v) is 7.88. The summed E-state index contributed by atoms with van der Waals surface area (Å²) in [5.41, 5.74) is 1.06. The zero-order valence-corrected chi connectivity index (χ0v) is 12.2. The molecule has 0 bridgehead atoms. The molecular weight excluding hydrogens is 276 g/mol. The van der Waals surface area contributed by atoms with Crippen LogP contribution in [0.2, 0.25) is 0 Å². The fraction of sp³-hybridized carbons (Fsp3) is 0.643. The van der Waals surface area contributed by atoms with E-state index >= 15 is 0 Å². The van der Waals surface area contributed by atoms with Crippen LogP contribution in [0.25, 0.3) is 0 Å². The highest BCUT2D eigenvalue weighted by Crippen LogP contribution is 2.41. The quantitative estimate of drug-likeness (QED) is 0.924. The van der Waals surface area contributed by atoms with Crippen LogP contribution in [0.3, 0.4) is 0 Å². The lowest BCUT2D eigenvalue weighted by molar-refractivity contribution is -0.142. The van der Waals surface area contributed by atoms with Crippen LogP contribution in [-0.2, 0) is 9.59 Å². The number of amides is 1. The highest BCUT2D eigenvalue weighted by Gasteiger charge is 2.50. The summed E-state index contributed by atoms with van der Waals surface area (Å²) in [6, 6.07) is 0. The summed E-state index contributed by atoms with van der Waals surface area (Å²) in [6.45, 7) is 3.45. The monoisotopic (exact) mass is 294 g/mol. The van der Waals surface area contributed by atoms with E-state index in [4.69, 9.17) is 5.11 Å². The first-order valence-electron chi connectivity index (χ1n) is 7.00. The molecule has 20 heavy (non-hydrogen) atoms. The largest absolute Gasteiger partial charge is 0.481 e. The van der Waals surface area contributed by atoms with Crippen molar-refractivity contribution in [2.45, 2.75) is 32.1 Å². The van der Waals surface area contributed by atoms with Crippen molar-refractivity contribution in [1.29, 1.82) is 0 Å². The van der Waals surface area contributed by atoms with Crippen molar-refractivity contribution in [3.05, 3.63) is 16.1 Å². The first-order chi connectivity index (χ1) is 9.56. The van der Waals surface area contributed by atoms with Gasteiger partial charge in [-0.05, 0) is 26.2 Å². The van der Waals surface area contributed by atoms with E-state index in [-0.39, 0.29) is 11.8 Å². The lowest BCUT2D eigenvalue weighted by atomic mass is 9.97. The molecule has 1 amide bonds. The van der Waals surface area contributed by atoms with Gasteiger partial charge in [-0.1, -0.05) is 0 Å². The third kappa shape index (κ3) is 2.57. The third-order valence-corrected chi connectivity index (χ3v) is 5.34. The molecule has 1 aromatic rings. The summed E-state index contributed by atoms with van der Waals surface area (Å²) >= 11 is 1.70. The number of aromatic nitrogens is 1. The van der Waals surface area contributed by atoms with E-state index in [1.54, 1.807) is 11.3 Å². The molecule has 1 N–H and O–H groups in total. The Kier molecular flexibility index (Phi) is 3.50. The second-order valence-corrected chi connectivity index (χ2v) is 6.60. The number of carboxylic acids is 1. The van der Waals surface area contributed by atoms with Gasteiger partial charge >= 0.3 is 5.97 Å². The normalized spacial score (nSPS) is 26.6. The van der Waals surface area contributed by atoms with Crippen LogP contribution in [-0.4, -0.2) is 40.0 Å². The van der Waals surface area contributed by atoms with Gasteiger partial charge in [0, 0.05) is 30.1 Å². The summed E-state index contributed by atoms with van der Waals surface area (Å²) in [7, 11) is 0. The maximum Gasteiger partial charge on any atom is 0.307 e. The van der Waals surface area contributed by atoms with Crippen LogP contribution in [0.1, 0.15) is 35.9 Å². The van der Waals surface area contributed by atoms with Gasteiger partial charge in [-0.25, -0.2) is 4.98 Å². The van der Waals surface area contributed by atoms with Crippen molar-refractivity contribution in [2.24, 2.45) is 11.8 Å². The molecule has 5 nitrogen and oxygen atoms in total. The Bertz CT molecular complexity index is 534. The predicted molar refractivity (Wildman–Crippen MR) is 74.6 cm³/mol. The maximum absolute atomic E-state index is 12.2. The molecule has 2 fully saturated rings. The summed E-state index contributed by atoms with van der Waals surface area (Å²) < 4.78 is 0. The summed E-state index contributed by atoms with van der Waals surface area (Å²) in [6.07, 6.45) is 2.38. The number of carboxylic acid groups (broad SMARTS) is 1. The Morgan fingerprint density at radius 3 is 2.55 bits per heavy atom. The molecule has 2 atom stereocenters. The molecule has 2 unspecified atom stereocenters. The molecule has 2 aliphatic rings. The molecule has 6 heteroatoms. The molecule has 1 aromatic heterocycles. The Hall–Kier alpha value is -1.43. The van der Waals surface area contributed by atoms with Gasteiger partial charge < -0.3 is 10.0 Å². The second kappa shape index (κ2) is 5.16. The minimum Gasteiger partial charge on any atom is -0.481 e. The molecule has 1 aliphatic heterocycles. The highest BCUT2D eigenvalue weighted by atomic mass is 32.1. The van der Waals surface area contributed by atoms with E-state index < -0.39 is 11.9 Å². The highest BCUT2D eigenvalue weighted by molar-refractivity contribution is 7.09. The van der Waals surface area contributed by atoms with E-state index in [0.29, 0.717) is 12.3 Å². The number of piperidine rings is 1. The van der Waals surface area contributed by atoms with Crippen LogP contribution in [0, 0.1) is 18.8 Å². The Morgan fingerprint density at radius 2 is 2.05 bits per heavy atom. The van der Waals surface area contributed by atoms with Gasteiger partial charge in [0.2, 0.25) is 5.91 Å². The number of aliphatic carboxylic acids is 1. The molecule has 2 heterocycles. The van der Waals surface area contributed by atoms with Crippen molar-refractivity contribution in [1.82, 2.24) is 9.88 Å².